The minimum absolute atomic E-state index is 0.0145. The van der Waals surface area contributed by atoms with Crippen LogP contribution in [0.1, 0.15) is 50.2 Å². The highest BCUT2D eigenvalue weighted by Crippen LogP contribution is 2.49. The highest BCUT2D eigenvalue weighted by Gasteiger charge is 2.59. The van der Waals surface area contributed by atoms with Gasteiger partial charge in [-0.2, -0.15) is 13.2 Å². The quantitative estimate of drug-likeness (QED) is 0.298. The van der Waals surface area contributed by atoms with Gasteiger partial charge in [-0.15, -0.1) is 0 Å². The van der Waals surface area contributed by atoms with E-state index < -0.39 is 35.1 Å². The standard InChI is InChI=1S/C25H21Cl2F3N2O4/c1-14(24(35,25(28,29)30)18-9-10-31-21(27)12-18)19-8-7-17(11-20(19)26)22(33)32-13-15-3-5-16(6-4-15)23(34)36-2/h3-12,14,35H,13H2,1-2H3,(H,32,33)/t14-,24-/m1/s1. The van der Waals surface area contributed by atoms with Crippen LogP contribution in [0.3, 0.4) is 0 Å². The van der Waals surface area contributed by atoms with E-state index in [2.05, 4.69) is 15.0 Å². The van der Waals surface area contributed by atoms with Crippen molar-refractivity contribution in [3.8, 4) is 0 Å². The largest absolute Gasteiger partial charge is 0.465 e. The zero-order chi connectivity index (χ0) is 26.7. The molecule has 2 aromatic carbocycles. The number of amides is 1. The van der Waals surface area contributed by atoms with Crippen molar-refractivity contribution in [2.24, 2.45) is 0 Å². The molecule has 0 spiro atoms. The summed E-state index contributed by atoms with van der Waals surface area (Å²) < 4.78 is 46.9. The summed E-state index contributed by atoms with van der Waals surface area (Å²) in [4.78, 5) is 27.8. The van der Waals surface area contributed by atoms with E-state index in [9.17, 15) is 27.9 Å². The Kier molecular flexibility index (Phi) is 8.28. The number of nitrogens with one attached hydrogen (secondary N) is 1. The molecule has 0 aliphatic rings. The van der Waals surface area contributed by atoms with Crippen LogP contribution >= 0.6 is 23.2 Å². The monoisotopic (exact) mass is 540 g/mol. The second-order valence-corrected chi connectivity index (χ2v) is 8.75. The maximum atomic E-state index is 14.1. The van der Waals surface area contributed by atoms with Crippen molar-refractivity contribution in [2.75, 3.05) is 7.11 Å². The lowest BCUT2D eigenvalue weighted by Gasteiger charge is -2.37. The number of methoxy groups -OCH3 is 1. The third-order valence-corrected chi connectivity index (χ3v) is 6.32. The number of hydrogen-bond acceptors (Lipinski definition) is 5. The molecule has 36 heavy (non-hydrogen) atoms. The van der Waals surface area contributed by atoms with E-state index in [1.807, 2.05) is 0 Å². The number of pyridine rings is 1. The van der Waals surface area contributed by atoms with Gasteiger partial charge in [0.2, 0.25) is 0 Å². The van der Waals surface area contributed by atoms with Crippen molar-refractivity contribution in [3.63, 3.8) is 0 Å². The predicted molar refractivity (Wildman–Crippen MR) is 128 cm³/mol. The summed E-state index contributed by atoms with van der Waals surface area (Å²) in [5.74, 6) is -2.55. The average Bonchev–Trinajstić information content (AvgIpc) is 2.85. The summed E-state index contributed by atoms with van der Waals surface area (Å²) >= 11 is 12.0. The summed E-state index contributed by atoms with van der Waals surface area (Å²) in [7, 11) is 1.27. The van der Waals surface area contributed by atoms with Crippen LogP contribution in [-0.2, 0) is 16.9 Å². The number of alkyl halides is 3. The van der Waals surface area contributed by atoms with E-state index >= 15 is 0 Å². The van der Waals surface area contributed by atoms with Crippen LogP contribution in [0.2, 0.25) is 10.2 Å². The van der Waals surface area contributed by atoms with Gasteiger partial charge in [-0.25, -0.2) is 9.78 Å². The number of carbonyl (C=O) groups is 2. The number of esters is 1. The lowest BCUT2D eigenvalue weighted by atomic mass is 9.78. The molecule has 0 radical (unpaired) electrons. The van der Waals surface area contributed by atoms with Gasteiger partial charge in [-0.3, -0.25) is 4.79 Å². The summed E-state index contributed by atoms with van der Waals surface area (Å²) in [5, 5.41) is 13.2. The van der Waals surface area contributed by atoms with Gasteiger partial charge in [0.05, 0.1) is 12.7 Å². The number of aliphatic hydroxyl groups is 1. The van der Waals surface area contributed by atoms with Crippen molar-refractivity contribution in [3.05, 3.63) is 98.8 Å². The van der Waals surface area contributed by atoms with Crippen molar-refractivity contribution >= 4 is 35.1 Å². The normalized spacial score (nSPS) is 14.0. The highest BCUT2D eigenvalue weighted by atomic mass is 35.5. The Morgan fingerprint density at radius 3 is 2.25 bits per heavy atom. The minimum atomic E-state index is -5.07. The fraction of sp³-hybridized carbons (Fsp3) is 0.240. The molecule has 0 aliphatic carbocycles. The van der Waals surface area contributed by atoms with E-state index in [0.717, 1.165) is 18.3 Å². The first kappa shape index (κ1) is 27.4. The van der Waals surface area contributed by atoms with E-state index in [1.165, 1.54) is 32.2 Å². The molecule has 0 aliphatic heterocycles. The van der Waals surface area contributed by atoms with Crippen molar-refractivity contribution < 1.29 is 32.6 Å². The first-order valence-corrected chi connectivity index (χ1v) is 11.3. The Bertz CT molecular complexity index is 1270. The molecule has 0 unspecified atom stereocenters. The van der Waals surface area contributed by atoms with Crippen LogP contribution in [0.5, 0.6) is 0 Å². The van der Waals surface area contributed by atoms with E-state index in [-0.39, 0.29) is 27.8 Å². The second kappa shape index (κ2) is 10.9. The molecular formula is C25H21Cl2F3N2O4. The fourth-order valence-corrected chi connectivity index (χ4v) is 4.22. The Labute approximate surface area is 215 Å². The third-order valence-electron chi connectivity index (χ3n) is 5.78. The molecule has 190 valence electrons. The fourth-order valence-electron chi connectivity index (χ4n) is 3.70. The van der Waals surface area contributed by atoms with Crippen LogP contribution in [0.25, 0.3) is 0 Å². The molecule has 1 heterocycles. The molecule has 11 heteroatoms. The Morgan fingerprint density at radius 2 is 1.69 bits per heavy atom. The molecule has 0 bridgehead atoms. The molecule has 0 fully saturated rings. The van der Waals surface area contributed by atoms with Crippen LogP contribution in [-0.4, -0.2) is 35.3 Å². The third kappa shape index (κ3) is 5.64. The van der Waals surface area contributed by atoms with E-state index in [4.69, 9.17) is 23.2 Å². The zero-order valence-electron chi connectivity index (χ0n) is 19.1. The molecule has 1 amide bonds. The van der Waals surface area contributed by atoms with E-state index in [0.29, 0.717) is 11.1 Å². The van der Waals surface area contributed by atoms with Crippen LogP contribution in [0, 0.1) is 0 Å². The SMILES string of the molecule is COC(=O)c1ccc(CNC(=O)c2ccc([C@@H](C)[C@@](O)(c3ccnc(Cl)c3)C(F)(F)F)c(Cl)c2)cc1. The number of carbonyl (C=O) groups excluding carboxylic acids is 2. The number of hydrogen-bond donors (Lipinski definition) is 2. The summed E-state index contributed by atoms with van der Waals surface area (Å²) in [6.45, 7) is 1.31. The second-order valence-electron chi connectivity index (χ2n) is 7.96. The average molecular weight is 541 g/mol. The Morgan fingerprint density at radius 1 is 1.06 bits per heavy atom. The van der Waals surface area contributed by atoms with Gasteiger partial charge in [0.15, 0.2) is 5.60 Å². The molecule has 2 atom stereocenters. The van der Waals surface area contributed by atoms with Crippen LogP contribution < -0.4 is 5.32 Å². The Hall–Kier alpha value is -3.14. The van der Waals surface area contributed by atoms with E-state index in [1.54, 1.807) is 24.3 Å². The highest BCUT2D eigenvalue weighted by molar-refractivity contribution is 6.31. The van der Waals surface area contributed by atoms with Crippen molar-refractivity contribution in [1.29, 1.82) is 0 Å². The molecule has 0 saturated carbocycles. The maximum absolute atomic E-state index is 14.1. The number of aromatic nitrogens is 1. The molecule has 2 N–H and O–H groups in total. The van der Waals surface area contributed by atoms with Gasteiger partial charge in [-0.05, 0) is 53.1 Å². The van der Waals surface area contributed by atoms with Gasteiger partial charge in [0.1, 0.15) is 5.15 Å². The summed E-state index contributed by atoms with van der Waals surface area (Å²) in [5.41, 5.74) is -2.64. The molecule has 6 nitrogen and oxygen atoms in total. The van der Waals surface area contributed by atoms with Gasteiger partial charge < -0.3 is 15.2 Å². The molecule has 1 aromatic heterocycles. The predicted octanol–water partition coefficient (Wildman–Crippen LogP) is 5.66. The molecule has 3 rings (SSSR count). The van der Waals surface area contributed by atoms with Crippen LogP contribution in [0.4, 0.5) is 13.2 Å². The number of ether oxygens (including phenoxy) is 1. The molecule has 3 aromatic rings. The zero-order valence-corrected chi connectivity index (χ0v) is 20.6. The van der Waals surface area contributed by atoms with Gasteiger partial charge >= 0.3 is 12.1 Å². The lowest BCUT2D eigenvalue weighted by Crippen LogP contribution is -2.46. The van der Waals surface area contributed by atoms with Gasteiger partial charge in [0, 0.05) is 29.2 Å². The van der Waals surface area contributed by atoms with Crippen LogP contribution in [0.15, 0.2) is 60.8 Å². The Balaban J connectivity index is 1.80. The number of benzene rings is 2. The maximum Gasteiger partial charge on any atom is 0.422 e. The van der Waals surface area contributed by atoms with Crippen molar-refractivity contribution in [2.45, 2.75) is 31.2 Å². The number of halogens is 5. The smallest absolute Gasteiger partial charge is 0.422 e. The number of nitrogens with zero attached hydrogens (tertiary/aromatic N) is 1. The lowest BCUT2D eigenvalue weighted by molar-refractivity contribution is -0.274. The first-order chi connectivity index (χ1) is 16.9. The first-order valence-electron chi connectivity index (χ1n) is 10.5. The van der Waals surface area contributed by atoms with Gasteiger partial charge in [0.25, 0.3) is 5.91 Å². The van der Waals surface area contributed by atoms with Crippen molar-refractivity contribution in [1.82, 2.24) is 10.3 Å². The topological polar surface area (TPSA) is 88.5 Å². The van der Waals surface area contributed by atoms with Gasteiger partial charge in [-0.1, -0.05) is 48.3 Å². The summed E-state index contributed by atoms with van der Waals surface area (Å²) in [6, 6.07) is 12.2. The number of rotatable bonds is 7. The molecule has 0 saturated heterocycles. The summed E-state index contributed by atoms with van der Waals surface area (Å²) in [6.07, 6.45) is -4.00. The minimum Gasteiger partial charge on any atom is -0.465 e. The molecular weight excluding hydrogens is 520 g/mol.